The third-order valence-corrected chi connectivity index (χ3v) is 6.20. The molecule has 2 unspecified atom stereocenters. The first-order valence-electron chi connectivity index (χ1n) is 8.84. The molecule has 1 aromatic heterocycles. The van der Waals surface area contributed by atoms with E-state index in [1.807, 2.05) is 6.07 Å². The molecule has 10 heteroatoms. The monoisotopic (exact) mass is 419 g/mol. The third-order valence-electron chi connectivity index (χ3n) is 4.70. The quantitative estimate of drug-likeness (QED) is 0.550. The minimum Gasteiger partial charge on any atom is -0.480 e. The van der Waals surface area contributed by atoms with Crippen LogP contribution in [0.4, 0.5) is 0 Å². The van der Waals surface area contributed by atoms with Gasteiger partial charge in [0.25, 0.3) is 5.91 Å². The van der Waals surface area contributed by atoms with Crippen LogP contribution in [0.3, 0.4) is 0 Å². The molecule has 9 nitrogen and oxygen atoms in total. The van der Waals surface area contributed by atoms with Gasteiger partial charge in [0.2, 0.25) is 0 Å². The second-order valence-electron chi connectivity index (χ2n) is 7.20. The highest BCUT2D eigenvalue weighted by Crippen LogP contribution is 2.39. The minimum absolute atomic E-state index is 0.138. The Balaban J connectivity index is 1.87. The number of carbonyl (C=O) groups excluding carboxylic acids is 1. The molecule has 2 heterocycles. The Hall–Kier alpha value is -2.85. The fourth-order valence-corrected chi connectivity index (χ4v) is 4.72. The Morgan fingerprint density at radius 3 is 2.45 bits per heavy atom. The first-order valence-corrected chi connectivity index (χ1v) is 9.72. The molecule has 0 bridgehead atoms. The molecule has 1 aliphatic heterocycles. The number of thioether (sulfide) groups is 1. The van der Waals surface area contributed by atoms with Crippen molar-refractivity contribution in [2.24, 2.45) is 0 Å². The van der Waals surface area contributed by atoms with Gasteiger partial charge in [-0.3, -0.25) is 14.9 Å². The van der Waals surface area contributed by atoms with Crippen molar-refractivity contribution in [3.05, 3.63) is 41.7 Å². The molecule has 1 amide bonds. The van der Waals surface area contributed by atoms with E-state index in [1.54, 1.807) is 45.0 Å². The van der Waals surface area contributed by atoms with E-state index in [9.17, 15) is 24.6 Å². The number of aliphatic carboxylic acids is 2. The van der Waals surface area contributed by atoms with Crippen LogP contribution >= 0.6 is 11.8 Å². The van der Waals surface area contributed by atoms with Gasteiger partial charge in [-0.1, -0.05) is 35.5 Å². The second kappa shape index (κ2) is 7.88. The fourth-order valence-electron chi connectivity index (χ4n) is 3.24. The lowest BCUT2D eigenvalue weighted by Crippen LogP contribution is -2.53. The standard InChI is InChI=1S/C19H21N3O6S/c1-9-11(12(22-28-9)10-7-5-4-6-8-10)15(23)20-13(17(24)25)16-21-14(18(26)27)19(2,3)29-16/h4-8,13-14,16,21H,1-3H3,(H,20,23)(H,24,25)(H,26,27)/t13?,14?,16-/m1/s1. The Morgan fingerprint density at radius 1 is 1.24 bits per heavy atom. The number of nitrogens with one attached hydrogen (secondary N) is 2. The molecule has 1 saturated heterocycles. The number of carboxylic acid groups (broad SMARTS) is 2. The zero-order valence-corrected chi connectivity index (χ0v) is 16.8. The van der Waals surface area contributed by atoms with E-state index in [2.05, 4.69) is 15.8 Å². The van der Waals surface area contributed by atoms with Gasteiger partial charge in [0.05, 0.1) is 5.37 Å². The summed E-state index contributed by atoms with van der Waals surface area (Å²) in [4.78, 5) is 36.3. The molecule has 3 rings (SSSR count). The summed E-state index contributed by atoms with van der Waals surface area (Å²) in [5.74, 6) is -2.77. The maximum absolute atomic E-state index is 12.9. The summed E-state index contributed by atoms with van der Waals surface area (Å²) < 4.78 is 4.41. The van der Waals surface area contributed by atoms with Gasteiger partial charge in [0, 0.05) is 10.3 Å². The van der Waals surface area contributed by atoms with Crippen LogP contribution in [0.25, 0.3) is 11.3 Å². The first kappa shape index (κ1) is 20.9. The normalized spacial score (nSPS) is 21.5. The van der Waals surface area contributed by atoms with Gasteiger partial charge in [-0.15, -0.1) is 11.8 Å². The summed E-state index contributed by atoms with van der Waals surface area (Å²) in [5, 5.41) is 27.5. The zero-order chi connectivity index (χ0) is 21.3. The molecule has 2 aromatic rings. The molecular weight excluding hydrogens is 398 g/mol. The molecule has 1 fully saturated rings. The highest BCUT2D eigenvalue weighted by atomic mass is 32.2. The topological polar surface area (TPSA) is 142 Å². The van der Waals surface area contributed by atoms with Gasteiger partial charge in [-0.25, -0.2) is 4.79 Å². The van der Waals surface area contributed by atoms with Gasteiger partial charge >= 0.3 is 11.9 Å². The zero-order valence-electron chi connectivity index (χ0n) is 16.0. The van der Waals surface area contributed by atoms with E-state index in [0.29, 0.717) is 11.3 Å². The molecule has 154 valence electrons. The second-order valence-corrected chi connectivity index (χ2v) is 8.99. The lowest BCUT2D eigenvalue weighted by atomic mass is 10.0. The number of rotatable bonds is 6. The van der Waals surface area contributed by atoms with Crippen molar-refractivity contribution in [3.8, 4) is 11.3 Å². The predicted octanol–water partition coefficient (Wildman–Crippen LogP) is 1.73. The lowest BCUT2D eigenvalue weighted by Gasteiger charge is -2.22. The number of aryl methyl sites for hydroxylation is 1. The lowest BCUT2D eigenvalue weighted by molar-refractivity contribution is -0.142. The van der Waals surface area contributed by atoms with Crippen molar-refractivity contribution in [2.75, 3.05) is 0 Å². The summed E-state index contributed by atoms with van der Waals surface area (Å²) >= 11 is 1.16. The molecule has 0 spiro atoms. The largest absolute Gasteiger partial charge is 0.480 e. The summed E-state index contributed by atoms with van der Waals surface area (Å²) in [6.45, 7) is 4.99. The van der Waals surface area contributed by atoms with E-state index in [-0.39, 0.29) is 11.3 Å². The van der Waals surface area contributed by atoms with E-state index in [0.717, 1.165) is 11.8 Å². The summed E-state index contributed by atoms with van der Waals surface area (Å²) in [6.07, 6.45) is 0. The van der Waals surface area contributed by atoms with Crippen molar-refractivity contribution < 1.29 is 29.1 Å². The predicted molar refractivity (Wildman–Crippen MR) is 106 cm³/mol. The van der Waals surface area contributed by atoms with Crippen molar-refractivity contribution in [3.63, 3.8) is 0 Å². The van der Waals surface area contributed by atoms with Crippen LogP contribution < -0.4 is 10.6 Å². The molecule has 0 saturated carbocycles. The maximum Gasteiger partial charge on any atom is 0.328 e. The summed E-state index contributed by atoms with van der Waals surface area (Å²) in [6, 6.07) is 6.61. The van der Waals surface area contributed by atoms with Crippen molar-refractivity contribution in [1.82, 2.24) is 15.8 Å². The van der Waals surface area contributed by atoms with Crippen LogP contribution in [0.15, 0.2) is 34.9 Å². The van der Waals surface area contributed by atoms with Gasteiger partial charge < -0.3 is 20.1 Å². The highest BCUT2D eigenvalue weighted by molar-refractivity contribution is 8.01. The Bertz CT molecular complexity index is 943. The number of aromatic nitrogens is 1. The molecule has 4 N–H and O–H groups in total. The Kier molecular flexibility index (Phi) is 5.67. The Labute approximate surface area is 170 Å². The first-order chi connectivity index (χ1) is 13.6. The van der Waals surface area contributed by atoms with Crippen molar-refractivity contribution in [2.45, 2.75) is 43.0 Å². The smallest absolute Gasteiger partial charge is 0.328 e. The number of hydrogen-bond donors (Lipinski definition) is 4. The number of carboxylic acids is 2. The van der Waals surface area contributed by atoms with Crippen LogP contribution in [0.5, 0.6) is 0 Å². The highest BCUT2D eigenvalue weighted by Gasteiger charge is 2.49. The SMILES string of the molecule is Cc1onc(-c2ccccc2)c1C(=O)NC(C(=O)O)[C@@H]1NC(C(=O)O)C(C)(C)S1. The van der Waals surface area contributed by atoms with Crippen LogP contribution in [0.1, 0.15) is 30.0 Å². The average molecular weight is 419 g/mol. The van der Waals surface area contributed by atoms with Crippen LogP contribution in [-0.4, -0.2) is 55.4 Å². The van der Waals surface area contributed by atoms with Crippen LogP contribution in [-0.2, 0) is 9.59 Å². The summed E-state index contributed by atoms with van der Waals surface area (Å²) in [5.41, 5.74) is 1.10. The summed E-state index contributed by atoms with van der Waals surface area (Å²) in [7, 11) is 0. The van der Waals surface area contributed by atoms with Crippen LogP contribution in [0, 0.1) is 6.92 Å². The fraction of sp³-hybridized carbons (Fsp3) is 0.368. The van der Waals surface area contributed by atoms with Gasteiger partial charge in [0.15, 0.2) is 6.04 Å². The third kappa shape index (κ3) is 4.13. The molecule has 3 atom stereocenters. The Morgan fingerprint density at radius 2 is 1.90 bits per heavy atom. The molecule has 0 aliphatic carbocycles. The maximum atomic E-state index is 12.9. The number of carbonyl (C=O) groups is 3. The molecule has 1 aliphatic rings. The van der Waals surface area contributed by atoms with E-state index < -0.39 is 40.1 Å². The van der Waals surface area contributed by atoms with E-state index in [1.165, 1.54) is 0 Å². The van der Waals surface area contributed by atoms with Gasteiger partial charge in [-0.05, 0) is 20.8 Å². The molecule has 1 aromatic carbocycles. The molecule has 29 heavy (non-hydrogen) atoms. The molecule has 0 radical (unpaired) electrons. The van der Waals surface area contributed by atoms with Crippen molar-refractivity contribution in [1.29, 1.82) is 0 Å². The van der Waals surface area contributed by atoms with E-state index >= 15 is 0 Å². The number of nitrogens with zero attached hydrogens (tertiary/aromatic N) is 1. The van der Waals surface area contributed by atoms with E-state index in [4.69, 9.17) is 4.52 Å². The van der Waals surface area contributed by atoms with Gasteiger partial charge in [0.1, 0.15) is 23.1 Å². The number of benzene rings is 1. The number of amides is 1. The van der Waals surface area contributed by atoms with Crippen molar-refractivity contribution >= 4 is 29.6 Å². The van der Waals surface area contributed by atoms with Crippen LogP contribution in [0.2, 0.25) is 0 Å². The van der Waals surface area contributed by atoms with Gasteiger partial charge in [-0.2, -0.15) is 0 Å². The minimum atomic E-state index is -1.35. The average Bonchev–Trinajstić information content (AvgIpc) is 3.19. The molecular formula is C19H21N3O6S. The number of hydrogen-bond acceptors (Lipinski definition) is 7.